The van der Waals surface area contributed by atoms with Crippen LogP contribution >= 0.6 is 0 Å². The van der Waals surface area contributed by atoms with Crippen molar-refractivity contribution in [3.63, 3.8) is 0 Å². The largest absolute Gasteiger partial charge is 0.466 e. The van der Waals surface area contributed by atoms with Gasteiger partial charge in [-0.2, -0.15) is 0 Å². The maximum atomic E-state index is 12.9. The van der Waals surface area contributed by atoms with Crippen LogP contribution in [0.3, 0.4) is 0 Å². The summed E-state index contributed by atoms with van der Waals surface area (Å²) < 4.78 is 17.4. The topological polar surface area (TPSA) is 85.4 Å². The number of hydrogen-bond acceptors (Lipinski definition) is 8. The van der Waals surface area contributed by atoms with Gasteiger partial charge in [0, 0.05) is 45.4 Å². The van der Waals surface area contributed by atoms with Crippen LogP contribution < -0.4 is 0 Å². The lowest BCUT2D eigenvalue weighted by Gasteiger charge is -2.32. The Labute approximate surface area is 372 Å². The standard InChI is InChI=1S/C52H100N2O6/c1-6-10-20-29-47(30-21-11-7-2)38-45-58-50(55)35-26-18-14-16-24-33-49(60-52(57)37-28-40-54-43-41-53(5)42-44-54)34-25-17-15-19-27-36-51(56)59-46-39-48(31-22-12-8-3)32-23-13-9-4/h47-49H,6-46H2,1-5H3. The zero-order valence-corrected chi connectivity index (χ0v) is 40.6. The van der Waals surface area contributed by atoms with Crippen molar-refractivity contribution in [2.24, 2.45) is 11.8 Å². The fraction of sp³-hybridized carbons (Fsp3) is 0.942. The summed E-state index contributed by atoms with van der Waals surface area (Å²) in [4.78, 5) is 42.7. The number of hydrogen-bond donors (Lipinski definition) is 0. The van der Waals surface area contributed by atoms with Crippen LogP contribution in [0.25, 0.3) is 0 Å². The molecule has 0 bridgehead atoms. The van der Waals surface area contributed by atoms with Gasteiger partial charge in [0.15, 0.2) is 0 Å². The number of esters is 3. The number of piperazine rings is 1. The number of likely N-dealkylation sites (N-methyl/N-ethyl adjacent to an activating group) is 1. The van der Waals surface area contributed by atoms with Gasteiger partial charge in [-0.05, 0) is 83.2 Å². The van der Waals surface area contributed by atoms with Gasteiger partial charge in [-0.3, -0.25) is 14.4 Å². The molecular weight excluding hydrogens is 749 g/mol. The molecule has 0 spiro atoms. The van der Waals surface area contributed by atoms with Crippen LogP contribution in [0.15, 0.2) is 0 Å². The Hall–Kier alpha value is -1.67. The van der Waals surface area contributed by atoms with Gasteiger partial charge >= 0.3 is 17.9 Å². The minimum absolute atomic E-state index is 0.0216. The fourth-order valence-electron chi connectivity index (χ4n) is 8.79. The van der Waals surface area contributed by atoms with E-state index >= 15 is 0 Å². The van der Waals surface area contributed by atoms with E-state index in [2.05, 4.69) is 44.5 Å². The highest BCUT2D eigenvalue weighted by Crippen LogP contribution is 2.23. The Morgan fingerprint density at radius 3 is 1.20 bits per heavy atom. The molecule has 0 N–H and O–H groups in total. The molecule has 8 heteroatoms. The number of unbranched alkanes of at least 4 members (excludes halogenated alkanes) is 16. The van der Waals surface area contributed by atoms with Gasteiger partial charge in [0.1, 0.15) is 6.10 Å². The number of carbonyl (C=O) groups is 3. The van der Waals surface area contributed by atoms with Crippen molar-refractivity contribution in [1.82, 2.24) is 9.80 Å². The van der Waals surface area contributed by atoms with E-state index in [9.17, 15) is 14.4 Å². The molecule has 1 aliphatic rings. The number of rotatable bonds is 43. The second-order valence-electron chi connectivity index (χ2n) is 18.7. The van der Waals surface area contributed by atoms with Gasteiger partial charge in [0.05, 0.1) is 13.2 Å². The van der Waals surface area contributed by atoms with Crippen LogP contribution in [0.2, 0.25) is 0 Å². The monoisotopic (exact) mass is 849 g/mol. The molecule has 0 amide bonds. The van der Waals surface area contributed by atoms with Gasteiger partial charge in [-0.1, -0.05) is 169 Å². The summed E-state index contributed by atoms with van der Waals surface area (Å²) in [6.07, 6.45) is 37.0. The summed E-state index contributed by atoms with van der Waals surface area (Å²) >= 11 is 0. The van der Waals surface area contributed by atoms with Crippen molar-refractivity contribution in [1.29, 1.82) is 0 Å². The molecule has 0 aliphatic carbocycles. The first-order chi connectivity index (χ1) is 29.3. The van der Waals surface area contributed by atoms with Gasteiger partial charge in [-0.15, -0.1) is 0 Å². The highest BCUT2D eigenvalue weighted by atomic mass is 16.5. The summed E-state index contributed by atoms with van der Waals surface area (Å²) in [6, 6.07) is 0. The van der Waals surface area contributed by atoms with Crippen molar-refractivity contribution in [2.45, 2.75) is 252 Å². The van der Waals surface area contributed by atoms with Crippen molar-refractivity contribution < 1.29 is 28.6 Å². The zero-order valence-electron chi connectivity index (χ0n) is 40.6. The zero-order chi connectivity index (χ0) is 43.7. The molecular formula is C52H100N2O6. The molecule has 1 fully saturated rings. The van der Waals surface area contributed by atoms with E-state index in [1.807, 2.05) is 0 Å². The summed E-state index contributed by atoms with van der Waals surface area (Å²) in [7, 11) is 2.17. The van der Waals surface area contributed by atoms with Crippen LogP contribution in [0.4, 0.5) is 0 Å². The van der Waals surface area contributed by atoms with Gasteiger partial charge in [0.25, 0.3) is 0 Å². The average molecular weight is 849 g/mol. The van der Waals surface area contributed by atoms with E-state index in [1.165, 1.54) is 103 Å². The maximum absolute atomic E-state index is 12.9. The Morgan fingerprint density at radius 2 is 0.783 bits per heavy atom. The molecule has 0 aromatic rings. The van der Waals surface area contributed by atoms with E-state index in [0.29, 0.717) is 44.3 Å². The van der Waals surface area contributed by atoms with Crippen LogP contribution in [0, 0.1) is 11.8 Å². The minimum atomic E-state index is -0.0485. The third kappa shape index (κ3) is 34.9. The van der Waals surface area contributed by atoms with Crippen molar-refractivity contribution in [3.8, 4) is 0 Å². The molecule has 60 heavy (non-hydrogen) atoms. The lowest BCUT2D eigenvalue weighted by Crippen LogP contribution is -2.44. The first-order valence-electron chi connectivity index (χ1n) is 26.2. The Morgan fingerprint density at radius 1 is 0.417 bits per heavy atom. The second-order valence-corrected chi connectivity index (χ2v) is 18.7. The lowest BCUT2D eigenvalue weighted by atomic mass is 9.92. The summed E-state index contributed by atoms with van der Waals surface area (Å²) in [5, 5.41) is 0. The van der Waals surface area contributed by atoms with Crippen molar-refractivity contribution in [2.75, 3.05) is 53.0 Å². The van der Waals surface area contributed by atoms with E-state index in [-0.39, 0.29) is 24.0 Å². The predicted molar refractivity (Wildman–Crippen MR) is 252 cm³/mol. The molecule has 0 unspecified atom stereocenters. The molecule has 1 aliphatic heterocycles. The summed E-state index contributed by atoms with van der Waals surface area (Å²) in [5.41, 5.74) is 0. The Kier molecular flexibility index (Phi) is 38.8. The van der Waals surface area contributed by atoms with E-state index in [4.69, 9.17) is 14.2 Å². The number of carbonyl (C=O) groups excluding carboxylic acids is 3. The quantitative estimate of drug-likeness (QED) is 0.0341. The third-order valence-corrected chi connectivity index (χ3v) is 13.0. The number of ether oxygens (including phenoxy) is 3. The molecule has 1 saturated heterocycles. The number of nitrogens with zero attached hydrogens (tertiary/aromatic N) is 2. The first kappa shape index (κ1) is 56.3. The predicted octanol–water partition coefficient (Wildman–Crippen LogP) is 13.8. The highest BCUT2D eigenvalue weighted by molar-refractivity contribution is 5.70. The summed E-state index contributed by atoms with van der Waals surface area (Å²) in [5.74, 6) is 1.26. The smallest absolute Gasteiger partial charge is 0.306 e. The molecule has 354 valence electrons. The van der Waals surface area contributed by atoms with Crippen LogP contribution in [0.5, 0.6) is 0 Å². The fourth-order valence-corrected chi connectivity index (χ4v) is 8.79. The Balaban J connectivity index is 2.35. The van der Waals surface area contributed by atoms with Crippen molar-refractivity contribution in [3.05, 3.63) is 0 Å². The van der Waals surface area contributed by atoms with E-state index in [0.717, 1.165) is 129 Å². The van der Waals surface area contributed by atoms with Crippen LogP contribution in [-0.2, 0) is 28.6 Å². The van der Waals surface area contributed by atoms with Gasteiger partial charge in [0.2, 0.25) is 0 Å². The molecule has 0 radical (unpaired) electrons. The molecule has 0 aromatic carbocycles. The van der Waals surface area contributed by atoms with Crippen LogP contribution in [-0.4, -0.2) is 86.8 Å². The lowest BCUT2D eigenvalue weighted by molar-refractivity contribution is -0.150. The first-order valence-corrected chi connectivity index (χ1v) is 26.2. The summed E-state index contributed by atoms with van der Waals surface area (Å²) in [6.45, 7) is 15.5. The molecule has 1 heterocycles. The SMILES string of the molecule is CCCCCC(CCCCC)CCOC(=O)CCCCCCCC(CCCCCCCC(=O)OCCC(CCCCC)CCCCC)OC(=O)CCCN1CCN(C)CC1. The van der Waals surface area contributed by atoms with Gasteiger partial charge in [-0.25, -0.2) is 0 Å². The average Bonchev–Trinajstić information content (AvgIpc) is 3.23. The van der Waals surface area contributed by atoms with E-state index in [1.54, 1.807) is 0 Å². The maximum Gasteiger partial charge on any atom is 0.306 e. The normalized spacial score (nSPS) is 13.8. The van der Waals surface area contributed by atoms with Gasteiger partial charge < -0.3 is 24.0 Å². The van der Waals surface area contributed by atoms with E-state index < -0.39 is 0 Å². The molecule has 0 atom stereocenters. The molecule has 0 saturated carbocycles. The molecule has 1 rings (SSSR count). The second kappa shape index (κ2) is 41.3. The van der Waals surface area contributed by atoms with Crippen LogP contribution in [0.1, 0.15) is 246 Å². The minimum Gasteiger partial charge on any atom is -0.466 e. The Bertz CT molecular complexity index is 910. The molecule has 8 nitrogen and oxygen atoms in total. The third-order valence-electron chi connectivity index (χ3n) is 13.0. The highest BCUT2D eigenvalue weighted by Gasteiger charge is 2.18. The molecule has 0 aromatic heterocycles. The van der Waals surface area contributed by atoms with Crippen molar-refractivity contribution >= 4 is 17.9 Å².